The maximum atomic E-state index is 5.53. The van der Waals surface area contributed by atoms with Gasteiger partial charge in [0.1, 0.15) is 17.2 Å². The molecule has 0 amide bonds. The maximum absolute atomic E-state index is 5.53. The summed E-state index contributed by atoms with van der Waals surface area (Å²) < 4.78 is 16.4. The van der Waals surface area contributed by atoms with Crippen LogP contribution in [0.15, 0.2) is 17.1 Å². The normalized spacial score (nSPS) is 16.0. The van der Waals surface area contributed by atoms with Gasteiger partial charge in [-0.1, -0.05) is 6.92 Å². The van der Waals surface area contributed by atoms with Gasteiger partial charge in [0.05, 0.1) is 21.3 Å². The van der Waals surface area contributed by atoms with Crippen LogP contribution in [0.25, 0.3) is 0 Å². The Labute approximate surface area is 169 Å². The molecule has 0 aromatic heterocycles. The quantitative estimate of drug-likeness (QED) is 0.497. The van der Waals surface area contributed by atoms with E-state index in [4.69, 9.17) is 14.2 Å². The van der Waals surface area contributed by atoms with Crippen LogP contribution in [0.5, 0.6) is 17.2 Å². The first-order chi connectivity index (χ1) is 13.6. The summed E-state index contributed by atoms with van der Waals surface area (Å²) >= 11 is 0. The van der Waals surface area contributed by atoms with Gasteiger partial charge in [-0.3, -0.25) is 4.99 Å². The van der Waals surface area contributed by atoms with Crippen molar-refractivity contribution in [3.63, 3.8) is 0 Å². The highest BCUT2D eigenvalue weighted by atomic mass is 16.5. The van der Waals surface area contributed by atoms with Crippen molar-refractivity contribution in [2.24, 2.45) is 4.99 Å². The Morgan fingerprint density at radius 2 is 1.75 bits per heavy atom. The topological polar surface area (TPSA) is 67.4 Å². The van der Waals surface area contributed by atoms with Crippen LogP contribution in [-0.4, -0.2) is 71.5 Å². The predicted octanol–water partition coefficient (Wildman–Crippen LogP) is 2.29. The van der Waals surface area contributed by atoms with Crippen molar-refractivity contribution < 1.29 is 14.2 Å². The molecule has 1 heterocycles. The zero-order chi connectivity index (χ0) is 20.4. The molecule has 0 radical (unpaired) electrons. The molecular weight excluding hydrogens is 356 g/mol. The van der Waals surface area contributed by atoms with Gasteiger partial charge in [-0.05, 0) is 32.2 Å². The average Bonchev–Trinajstić information content (AvgIpc) is 2.74. The first-order valence-corrected chi connectivity index (χ1v) is 10.1. The van der Waals surface area contributed by atoms with Gasteiger partial charge in [-0.15, -0.1) is 0 Å². The minimum absolute atomic E-state index is 0.476. The summed E-state index contributed by atoms with van der Waals surface area (Å²) in [5, 5.41) is 6.98. The molecule has 1 fully saturated rings. The second kappa shape index (κ2) is 11.6. The van der Waals surface area contributed by atoms with E-state index >= 15 is 0 Å². The highest BCUT2D eigenvalue weighted by Crippen LogP contribution is 2.34. The Morgan fingerprint density at radius 3 is 2.25 bits per heavy atom. The van der Waals surface area contributed by atoms with Crippen LogP contribution in [0, 0.1) is 0 Å². The number of guanidine groups is 1. The molecule has 158 valence electrons. The van der Waals surface area contributed by atoms with Crippen molar-refractivity contribution in [2.45, 2.75) is 38.6 Å². The lowest BCUT2D eigenvalue weighted by atomic mass is 10.1. The molecule has 7 heteroatoms. The monoisotopic (exact) mass is 392 g/mol. The molecule has 1 aliphatic heterocycles. The Hall–Kier alpha value is -2.15. The van der Waals surface area contributed by atoms with E-state index in [1.54, 1.807) is 21.3 Å². The SMILES string of the molecule is CCCN1CCC(NC(=NC)NCCc2c(OC)cc(OC)cc2OC)CC1. The van der Waals surface area contributed by atoms with E-state index in [9.17, 15) is 0 Å². The van der Waals surface area contributed by atoms with Crippen molar-refractivity contribution >= 4 is 5.96 Å². The molecular formula is C21H36N4O3. The van der Waals surface area contributed by atoms with Crippen molar-refractivity contribution in [1.29, 1.82) is 0 Å². The van der Waals surface area contributed by atoms with E-state index in [2.05, 4.69) is 27.4 Å². The number of aliphatic imine (C=N–C) groups is 1. The zero-order valence-electron chi connectivity index (χ0n) is 18.0. The number of hydrogen-bond acceptors (Lipinski definition) is 5. The number of ether oxygens (including phenoxy) is 3. The molecule has 28 heavy (non-hydrogen) atoms. The van der Waals surface area contributed by atoms with Crippen molar-refractivity contribution in [3.8, 4) is 17.2 Å². The Kier molecular flexibility index (Phi) is 9.20. The molecule has 0 atom stereocenters. The summed E-state index contributed by atoms with van der Waals surface area (Å²) in [5.74, 6) is 3.10. The van der Waals surface area contributed by atoms with E-state index in [0.717, 1.165) is 67.7 Å². The lowest BCUT2D eigenvalue weighted by Crippen LogP contribution is -2.49. The summed E-state index contributed by atoms with van der Waals surface area (Å²) in [4.78, 5) is 6.92. The molecule has 0 saturated carbocycles. The molecule has 1 aromatic rings. The van der Waals surface area contributed by atoms with Gasteiger partial charge < -0.3 is 29.7 Å². The second-order valence-electron chi connectivity index (χ2n) is 7.02. The summed E-state index contributed by atoms with van der Waals surface area (Å²) in [7, 11) is 6.78. The number of rotatable bonds is 9. The fraction of sp³-hybridized carbons (Fsp3) is 0.667. The molecule has 1 saturated heterocycles. The van der Waals surface area contributed by atoms with Crippen LogP contribution in [0.4, 0.5) is 0 Å². The third-order valence-corrected chi connectivity index (χ3v) is 5.18. The van der Waals surface area contributed by atoms with Crippen LogP contribution in [-0.2, 0) is 6.42 Å². The number of nitrogens with zero attached hydrogens (tertiary/aromatic N) is 2. The third-order valence-electron chi connectivity index (χ3n) is 5.18. The highest BCUT2D eigenvalue weighted by molar-refractivity contribution is 5.80. The number of nitrogens with one attached hydrogen (secondary N) is 2. The lowest BCUT2D eigenvalue weighted by Gasteiger charge is -2.32. The molecule has 0 aliphatic carbocycles. The van der Waals surface area contributed by atoms with Crippen molar-refractivity contribution in [3.05, 3.63) is 17.7 Å². The van der Waals surface area contributed by atoms with E-state index in [-0.39, 0.29) is 0 Å². The fourth-order valence-corrected chi connectivity index (χ4v) is 3.64. The molecule has 1 aromatic carbocycles. The number of piperidine rings is 1. The number of benzene rings is 1. The van der Waals surface area contributed by atoms with E-state index in [1.165, 1.54) is 13.0 Å². The van der Waals surface area contributed by atoms with Gasteiger partial charge in [-0.2, -0.15) is 0 Å². The molecule has 2 rings (SSSR count). The predicted molar refractivity (Wildman–Crippen MR) is 114 cm³/mol. The van der Waals surface area contributed by atoms with Gasteiger partial charge in [0.2, 0.25) is 0 Å². The summed E-state index contributed by atoms with van der Waals surface area (Å²) in [6.45, 7) is 6.48. The second-order valence-corrected chi connectivity index (χ2v) is 7.02. The standard InChI is InChI=1S/C21H36N4O3/c1-6-11-25-12-8-16(9-13-25)24-21(22-2)23-10-7-18-19(27-4)14-17(26-3)15-20(18)28-5/h14-16H,6-13H2,1-5H3,(H2,22,23,24). The van der Waals surface area contributed by atoms with Gasteiger partial charge in [0.15, 0.2) is 5.96 Å². The Bertz CT molecular complexity index is 603. The molecule has 7 nitrogen and oxygen atoms in total. The first-order valence-electron chi connectivity index (χ1n) is 10.1. The van der Waals surface area contributed by atoms with Gasteiger partial charge in [0, 0.05) is 50.4 Å². The van der Waals surface area contributed by atoms with Crippen LogP contribution in [0.1, 0.15) is 31.7 Å². The zero-order valence-corrected chi connectivity index (χ0v) is 18.0. The third kappa shape index (κ3) is 6.19. The van der Waals surface area contributed by atoms with E-state index < -0.39 is 0 Å². The minimum Gasteiger partial charge on any atom is -0.496 e. The number of likely N-dealkylation sites (tertiary alicyclic amines) is 1. The van der Waals surface area contributed by atoms with Crippen molar-refractivity contribution in [2.75, 3.05) is 54.6 Å². The van der Waals surface area contributed by atoms with E-state index in [0.29, 0.717) is 6.04 Å². The molecule has 0 bridgehead atoms. The van der Waals surface area contributed by atoms with Gasteiger partial charge in [-0.25, -0.2) is 0 Å². The number of methoxy groups -OCH3 is 3. The highest BCUT2D eigenvalue weighted by Gasteiger charge is 2.19. The lowest BCUT2D eigenvalue weighted by molar-refractivity contribution is 0.206. The van der Waals surface area contributed by atoms with Crippen LogP contribution < -0.4 is 24.8 Å². The summed E-state index contributed by atoms with van der Waals surface area (Å²) in [5.41, 5.74) is 1.02. The first kappa shape index (κ1) is 22.1. The van der Waals surface area contributed by atoms with Gasteiger partial charge >= 0.3 is 0 Å². The Morgan fingerprint density at radius 1 is 1.11 bits per heavy atom. The minimum atomic E-state index is 0.476. The maximum Gasteiger partial charge on any atom is 0.191 e. The van der Waals surface area contributed by atoms with Crippen LogP contribution in [0.3, 0.4) is 0 Å². The fourth-order valence-electron chi connectivity index (χ4n) is 3.64. The molecule has 1 aliphatic rings. The van der Waals surface area contributed by atoms with Crippen LogP contribution >= 0.6 is 0 Å². The summed E-state index contributed by atoms with van der Waals surface area (Å²) in [6, 6.07) is 4.24. The number of hydrogen-bond donors (Lipinski definition) is 2. The Balaban J connectivity index is 1.88. The smallest absolute Gasteiger partial charge is 0.191 e. The molecule has 0 unspecified atom stereocenters. The van der Waals surface area contributed by atoms with Crippen molar-refractivity contribution in [1.82, 2.24) is 15.5 Å². The van der Waals surface area contributed by atoms with E-state index in [1.807, 2.05) is 19.2 Å². The average molecular weight is 393 g/mol. The van der Waals surface area contributed by atoms with Crippen LogP contribution in [0.2, 0.25) is 0 Å². The molecule has 2 N–H and O–H groups in total. The van der Waals surface area contributed by atoms with Gasteiger partial charge in [0.25, 0.3) is 0 Å². The molecule has 0 spiro atoms. The summed E-state index contributed by atoms with van der Waals surface area (Å²) in [6.07, 6.45) is 4.28. The largest absolute Gasteiger partial charge is 0.496 e.